The lowest BCUT2D eigenvalue weighted by molar-refractivity contribution is 0.828. The number of H-pyrrole nitrogens is 1. The maximum atomic E-state index is 12.2. The average Bonchev–Trinajstić information content (AvgIpc) is 2.90. The van der Waals surface area contributed by atoms with E-state index in [0.29, 0.717) is 5.13 Å². The van der Waals surface area contributed by atoms with Crippen LogP contribution < -0.4 is 5.56 Å². The zero-order chi connectivity index (χ0) is 12.7. The lowest BCUT2D eigenvalue weighted by Gasteiger charge is -1.92. The summed E-state index contributed by atoms with van der Waals surface area (Å²) in [7, 11) is 0. The Hall–Kier alpha value is -1.88. The van der Waals surface area contributed by atoms with Gasteiger partial charge < -0.3 is 0 Å². The van der Waals surface area contributed by atoms with Gasteiger partial charge in [-0.1, -0.05) is 30.4 Å². The summed E-state index contributed by atoms with van der Waals surface area (Å²) in [5, 5.41) is 3.79. The number of para-hydroxylation sites is 1. The second-order valence-electron chi connectivity index (χ2n) is 4.17. The zero-order valence-corrected chi connectivity index (χ0v) is 11.0. The van der Waals surface area contributed by atoms with Gasteiger partial charge in [0.1, 0.15) is 0 Å². The number of hydrogen-bond acceptors (Lipinski definition) is 3. The Morgan fingerprint density at radius 1 is 1.39 bits per heavy atom. The van der Waals surface area contributed by atoms with Gasteiger partial charge in [0.2, 0.25) is 5.13 Å². The molecule has 0 spiro atoms. The first-order chi connectivity index (χ1) is 8.70. The lowest BCUT2D eigenvalue weighted by atomic mass is 10.2. The van der Waals surface area contributed by atoms with Crippen molar-refractivity contribution >= 4 is 21.6 Å². The number of aromatic nitrogens is 3. The molecule has 0 unspecified atom stereocenters. The second-order valence-corrected chi connectivity index (χ2v) is 5.18. The minimum atomic E-state index is 0.00839. The maximum Gasteiger partial charge on any atom is 0.276 e. The predicted molar refractivity (Wildman–Crippen MR) is 73.7 cm³/mol. The van der Waals surface area contributed by atoms with Crippen LogP contribution in [0.15, 0.2) is 29.1 Å². The molecule has 0 bridgehead atoms. The second kappa shape index (κ2) is 4.10. The summed E-state index contributed by atoms with van der Waals surface area (Å²) in [5.41, 5.74) is 2.68. The van der Waals surface area contributed by atoms with Crippen molar-refractivity contribution in [2.24, 2.45) is 0 Å². The van der Waals surface area contributed by atoms with Crippen LogP contribution in [0.25, 0.3) is 15.3 Å². The Bertz CT molecular complexity index is 733. The van der Waals surface area contributed by atoms with Crippen LogP contribution in [0.1, 0.15) is 18.2 Å². The molecule has 3 rings (SSSR count). The van der Waals surface area contributed by atoms with Crippen molar-refractivity contribution in [3.05, 3.63) is 45.9 Å². The summed E-state index contributed by atoms with van der Waals surface area (Å²) in [5.74, 6) is 0. The SMILES string of the molecule is CCc1c(C)[nH]n(-c2nc3ccccc3s2)c1=O. The first kappa shape index (κ1) is 11.2. The van der Waals surface area contributed by atoms with Crippen LogP contribution in [0.5, 0.6) is 0 Å². The third kappa shape index (κ3) is 1.59. The number of aryl methyl sites for hydroxylation is 1. The molecule has 0 aliphatic rings. The van der Waals surface area contributed by atoms with Crippen LogP contribution in [0.3, 0.4) is 0 Å². The molecular weight excluding hydrogens is 246 g/mol. The normalized spacial score (nSPS) is 11.2. The van der Waals surface area contributed by atoms with Crippen molar-refractivity contribution in [2.75, 3.05) is 0 Å². The molecule has 0 radical (unpaired) electrons. The highest BCUT2D eigenvalue weighted by atomic mass is 32.1. The van der Waals surface area contributed by atoms with E-state index in [1.807, 2.05) is 38.1 Å². The molecule has 0 aliphatic carbocycles. The van der Waals surface area contributed by atoms with Crippen molar-refractivity contribution in [1.29, 1.82) is 0 Å². The fourth-order valence-electron chi connectivity index (χ4n) is 2.09. The van der Waals surface area contributed by atoms with Gasteiger partial charge in [0, 0.05) is 11.3 Å². The smallest absolute Gasteiger partial charge is 0.276 e. The van der Waals surface area contributed by atoms with E-state index in [0.717, 1.165) is 27.9 Å². The van der Waals surface area contributed by atoms with E-state index >= 15 is 0 Å². The molecule has 4 nitrogen and oxygen atoms in total. The van der Waals surface area contributed by atoms with Crippen molar-refractivity contribution < 1.29 is 0 Å². The molecule has 1 aromatic carbocycles. The molecule has 5 heteroatoms. The number of rotatable bonds is 2. The quantitative estimate of drug-likeness (QED) is 0.769. The number of fused-ring (bicyclic) bond motifs is 1. The van der Waals surface area contributed by atoms with Crippen molar-refractivity contribution in [3.8, 4) is 5.13 Å². The number of benzene rings is 1. The number of hydrogen-bond donors (Lipinski definition) is 1. The van der Waals surface area contributed by atoms with Crippen LogP contribution in [0.4, 0.5) is 0 Å². The van der Waals surface area contributed by atoms with Crippen molar-refractivity contribution in [2.45, 2.75) is 20.3 Å². The Kier molecular flexibility index (Phi) is 2.56. The highest BCUT2D eigenvalue weighted by Gasteiger charge is 2.13. The number of nitrogens with one attached hydrogen (secondary N) is 1. The average molecular weight is 259 g/mol. The van der Waals surface area contributed by atoms with Crippen LogP contribution in [0.2, 0.25) is 0 Å². The Labute approximate surface area is 108 Å². The first-order valence-corrected chi connectivity index (χ1v) is 6.68. The molecule has 1 N–H and O–H groups in total. The van der Waals surface area contributed by atoms with Gasteiger partial charge in [0.05, 0.1) is 10.2 Å². The standard InChI is InChI=1S/C13H13N3OS/c1-3-9-8(2)15-16(12(9)17)13-14-10-6-4-5-7-11(10)18-13/h4-7,15H,3H2,1-2H3. The summed E-state index contributed by atoms with van der Waals surface area (Å²) in [6, 6.07) is 7.89. The van der Waals surface area contributed by atoms with E-state index in [4.69, 9.17) is 0 Å². The van der Waals surface area contributed by atoms with E-state index in [-0.39, 0.29) is 5.56 Å². The number of aromatic amines is 1. The Morgan fingerprint density at radius 2 is 2.17 bits per heavy atom. The van der Waals surface area contributed by atoms with E-state index in [9.17, 15) is 4.79 Å². The highest BCUT2D eigenvalue weighted by Crippen LogP contribution is 2.23. The summed E-state index contributed by atoms with van der Waals surface area (Å²) >= 11 is 1.52. The van der Waals surface area contributed by atoms with E-state index in [1.54, 1.807) is 4.68 Å². The largest absolute Gasteiger partial charge is 0.293 e. The van der Waals surface area contributed by atoms with Crippen LogP contribution in [-0.2, 0) is 6.42 Å². The fourth-order valence-corrected chi connectivity index (χ4v) is 3.01. The van der Waals surface area contributed by atoms with Gasteiger partial charge in [0.25, 0.3) is 5.56 Å². The summed E-state index contributed by atoms with van der Waals surface area (Å²) in [6.07, 6.45) is 0.735. The number of nitrogens with zero attached hydrogens (tertiary/aromatic N) is 2. The van der Waals surface area contributed by atoms with Gasteiger partial charge in [-0.3, -0.25) is 9.89 Å². The lowest BCUT2D eigenvalue weighted by Crippen LogP contribution is -2.16. The molecule has 2 heterocycles. The monoisotopic (exact) mass is 259 g/mol. The Morgan fingerprint density at radius 3 is 2.83 bits per heavy atom. The predicted octanol–water partition coefficient (Wildman–Crippen LogP) is 2.65. The summed E-state index contributed by atoms with van der Waals surface area (Å²) in [4.78, 5) is 16.7. The van der Waals surface area contributed by atoms with E-state index in [1.165, 1.54) is 11.3 Å². The van der Waals surface area contributed by atoms with Gasteiger partial charge in [-0.25, -0.2) is 4.98 Å². The third-order valence-corrected chi connectivity index (χ3v) is 4.04. The van der Waals surface area contributed by atoms with Gasteiger partial charge >= 0.3 is 0 Å². The molecule has 2 aromatic heterocycles. The van der Waals surface area contributed by atoms with Crippen molar-refractivity contribution in [3.63, 3.8) is 0 Å². The summed E-state index contributed by atoms with van der Waals surface area (Å²) in [6.45, 7) is 3.91. The molecule has 0 saturated carbocycles. The van der Waals surface area contributed by atoms with Gasteiger partial charge in [-0.2, -0.15) is 4.68 Å². The summed E-state index contributed by atoms with van der Waals surface area (Å²) < 4.78 is 2.63. The van der Waals surface area contributed by atoms with Crippen LogP contribution in [-0.4, -0.2) is 14.8 Å². The minimum Gasteiger partial charge on any atom is -0.293 e. The topological polar surface area (TPSA) is 50.7 Å². The van der Waals surface area contributed by atoms with E-state index in [2.05, 4.69) is 10.1 Å². The van der Waals surface area contributed by atoms with Crippen LogP contribution in [0, 0.1) is 6.92 Å². The zero-order valence-electron chi connectivity index (χ0n) is 10.2. The third-order valence-electron chi connectivity index (χ3n) is 3.02. The molecule has 0 aliphatic heterocycles. The molecule has 3 aromatic rings. The molecular formula is C13H13N3OS. The minimum absolute atomic E-state index is 0.00839. The molecule has 0 saturated heterocycles. The molecule has 92 valence electrons. The van der Waals surface area contributed by atoms with Gasteiger partial charge in [0.15, 0.2) is 0 Å². The molecule has 0 amide bonds. The Balaban J connectivity index is 2.23. The van der Waals surface area contributed by atoms with Crippen molar-refractivity contribution in [1.82, 2.24) is 14.8 Å². The van der Waals surface area contributed by atoms with Gasteiger partial charge in [-0.05, 0) is 25.5 Å². The number of thiazole rings is 1. The van der Waals surface area contributed by atoms with Crippen LogP contribution >= 0.6 is 11.3 Å². The highest BCUT2D eigenvalue weighted by molar-refractivity contribution is 7.20. The molecule has 0 atom stereocenters. The first-order valence-electron chi connectivity index (χ1n) is 5.87. The fraction of sp³-hybridized carbons (Fsp3) is 0.231. The molecule has 18 heavy (non-hydrogen) atoms. The van der Waals surface area contributed by atoms with E-state index < -0.39 is 0 Å². The molecule has 0 fully saturated rings. The van der Waals surface area contributed by atoms with Gasteiger partial charge in [-0.15, -0.1) is 0 Å². The maximum absolute atomic E-state index is 12.2.